The van der Waals surface area contributed by atoms with E-state index in [1.165, 1.54) is 18.4 Å². The van der Waals surface area contributed by atoms with Gasteiger partial charge in [-0.3, -0.25) is 4.79 Å². The number of nitrogens with zero attached hydrogens (tertiary/aromatic N) is 2. The second kappa shape index (κ2) is 8.84. The summed E-state index contributed by atoms with van der Waals surface area (Å²) in [6.07, 6.45) is 5.23. The number of benzene rings is 1. The van der Waals surface area contributed by atoms with Crippen LogP contribution in [0.5, 0.6) is 0 Å². The zero-order chi connectivity index (χ0) is 18.4. The number of pyridine rings is 1. The van der Waals surface area contributed by atoms with Crippen molar-refractivity contribution in [3.8, 4) is 0 Å². The minimum Gasteiger partial charge on any atom is -0.357 e. The average molecular weight is 351 g/mol. The Labute approximate surface area is 156 Å². The van der Waals surface area contributed by atoms with E-state index in [1.54, 1.807) is 12.3 Å². The third-order valence-electron chi connectivity index (χ3n) is 4.98. The monoisotopic (exact) mass is 351 g/mol. The van der Waals surface area contributed by atoms with E-state index in [2.05, 4.69) is 59.4 Å². The van der Waals surface area contributed by atoms with Crippen molar-refractivity contribution in [2.24, 2.45) is 11.8 Å². The van der Waals surface area contributed by atoms with E-state index in [1.807, 2.05) is 6.07 Å². The molecule has 1 amide bonds. The Balaban J connectivity index is 1.56. The van der Waals surface area contributed by atoms with Gasteiger partial charge in [-0.15, -0.1) is 0 Å². The second-order valence-corrected chi connectivity index (χ2v) is 7.63. The molecule has 3 rings (SSSR count). The van der Waals surface area contributed by atoms with Crippen LogP contribution >= 0.6 is 0 Å². The first-order valence-electron chi connectivity index (χ1n) is 9.65. The van der Waals surface area contributed by atoms with Crippen molar-refractivity contribution >= 4 is 11.7 Å². The molecule has 4 nitrogen and oxygen atoms in total. The highest BCUT2D eigenvalue weighted by Crippen LogP contribution is 2.25. The van der Waals surface area contributed by atoms with Crippen LogP contribution in [0.2, 0.25) is 0 Å². The van der Waals surface area contributed by atoms with E-state index in [-0.39, 0.29) is 5.91 Å². The lowest BCUT2D eigenvalue weighted by Gasteiger charge is -2.33. The van der Waals surface area contributed by atoms with Gasteiger partial charge in [0.25, 0.3) is 5.91 Å². The number of carbonyl (C=O) groups is 1. The molecule has 1 aromatic heterocycles. The first-order valence-corrected chi connectivity index (χ1v) is 9.65. The molecule has 1 fully saturated rings. The largest absolute Gasteiger partial charge is 0.357 e. The van der Waals surface area contributed by atoms with Crippen molar-refractivity contribution in [1.82, 2.24) is 10.3 Å². The zero-order valence-corrected chi connectivity index (χ0v) is 15.8. The van der Waals surface area contributed by atoms with Gasteiger partial charge in [0, 0.05) is 31.4 Å². The summed E-state index contributed by atoms with van der Waals surface area (Å²) in [6.45, 7) is 6.89. The average Bonchev–Trinajstić information content (AvgIpc) is 2.67. The predicted octanol–water partition coefficient (Wildman–Crippen LogP) is 3.93. The lowest BCUT2D eigenvalue weighted by atomic mass is 9.90. The Kier molecular flexibility index (Phi) is 6.26. The number of nitrogens with one attached hydrogen (secondary N) is 1. The summed E-state index contributed by atoms with van der Waals surface area (Å²) in [7, 11) is 0. The number of hydrogen-bond acceptors (Lipinski definition) is 3. The molecule has 1 aliphatic heterocycles. The molecule has 0 spiro atoms. The van der Waals surface area contributed by atoms with Gasteiger partial charge >= 0.3 is 0 Å². The first-order chi connectivity index (χ1) is 12.6. The Morgan fingerprint density at radius 3 is 2.62 bits per heavy atom. The van der Waals surface area contributed by atoms with Crippen molar-refractivity contribution in [3.63, 3.8) is 0 Å². The Morgan fingerprint density at radius 2 is 1.92 bits per heavy atom. The van der Waals surface area contributed by atoms with Crippen molar-refractivity contribution < 1.29 is 4.79 Å². The van der Waals surface area contributed by atoms with Gasteiger partial charge in [-0.2, -0.15) is 0 Å². The predicted molar refractivity (Wildman–Crippen MR) is 106 cm³/mol. The molecule has 0 saturated carbocycles. The number of anilines is 1. The standard InChI is InChI=1S/C22H29N3O/c1-17(2)16-24-22(26)20-8-11-23-21(15-20)25-12-9-19(10-13-25)14-18-6-4-3-5-7-18/h3-8,11,15,17,19H,9-10,12-14,16H2,1-2H3,(H,24,26). The maximum absolute atomic E-state index is 12.3. The molecule has 1 N–H and O–H groups in total. The fraction of sp³-hybridized carbons (Fsp3) is 0.455. The number of rotatable bonds is 6. The fourth-order valence-corrected chi connectivity index (χ4v) is 3.45. The highest BCUT2D eigenvalue weighted by atomic mass is 16.1. The van der Waals surface area contributed by atoms with Crippen LogP contribution in [0.3, 0.4) is 0 Å². The molecule has 4 heteroatoms. The molecule has 0 bridgehead atoms. The number of hydrogen-bond donors (Lipinski definition) is 1. The quantitative estimate of drug-likeness (QED) is 0.858. The van der Waals surface area contributed by atoms with Crippen molar-refractivity contribution in [3.05, 3.63) is 59.8 Å². The second-order valence-electron chi connectivity index (χ2n) is 7.63. The summed E-state index contributed by atoms with van der Waals surface area (Å²) in [4.78, 5) is 19.1. The molecule has 2 aromatic rings. The van der Waals surface area contributed by atoms with E-state index in [0.29, 0.717) is 18.0 Å². The van der Waals surface area contributed by atoms with Gasteiger partial charge in [-0.1, -0.05) is 44.2 Å². The van der Waals surface area contributed by atoms with E-state index in [0.717, 1.165) is 31.2 Å². The minimum absolute atomic E-state index is 0.0127. The number of carbonyl (C=O) groups excluding carboxylic acids is 1. The Morgan fingerprint density at radius 1 is 1.19 bits per heavy atom. The number of amides is 1. The number of piperidine rings is 1. The van der Waals surface area contributed by atoms with Gasteiger partial charge in [-0.25, -0.2) is 4.98 Å². The maximum atomic E-state index is 12.3. The topological polar surface area (TPSA) is 45.2 Å². The van der Waals surface area contributed by atoms with Crippen LogP contribution in [0.1, 0.15) is 42.6 Å². The lowest BCUT2D eigenvalue weighted by molar-refractivity contribution is 0.0949. The fourth-order valence-electron chi connectivity index (χ4n) is 3.45. The smallest absolute Gasteiger partial charge is 0.251 e. The summed E-state index contributed by atoms with van der Waals surface area (Å²) in [5.41, 5.74) is 2.12. The summed E-state index contributed by atoms with van der Waals surface area (Å²) in [5, 5.41) is 2.98. The highest BCUT2D eigenvalue weighted by molar-refractivity contribution is 5.94. The molecule has 1 aromatic carbocycles. The van der Waals surface area contributed by atoms with Gasteiger partial charge in [0.1, 0.15) is 5.82 Å². The van der Waals surface area contributed by atoms with Gasteiger partial charge in [-0.05, 0) is 48.8 Å². The third kappa shape index (κ3) is 5.07. The molecule has 2 heterocycles. The van der Waals surface area contributed by atoms with Crippen molar-refractivity contribution in [1.29, 1.82) is 0 Å². The van der Waals surface area contributed by atoms with Crippen LogP contribution in [0, 0.1) is 11.8 Å². The summed E-state index contributed by atoms with van der Waals surface area (Å²) < 4.78 is 0. The van der Waals surface area contributed by atoms with Crippen LogP contribution in [0.25, 0.3) is 0 Å². The normalized spacial score (nSPS) is 15.3. The molecule has 0 atom stereocenters. The molecule has 0 aliphatic carbocycles. The van der Waals surface area contributed by atoms with E-state index in [4.69, 9.17) is 0 Å². The molecule has 1 saturated heterocycles. The zero-order valence-electron chi connectivity index (χ0n) is 15.8. The summed E-state index contributed by atoms with van der Waals surface area (Å²) in [5.74, 6) is 2.08. The van der Waals surface area contributed by atoms with Crippen LogP contribution in [-0.2, 0) is 6.42 Å². The van der Waals surface area contributed by atoms with Gasteiger partial charge in [0.15, 0.2) is 0 Å². The van der Waals surface area contributed by atoms with E-state index < -0.39 is 0 Å². The first kappa shape index (κ1) is 18.4. The minimum atomic E-state index is -0.0127. The molecule has 26 heavy (non-hydrogen) atoms. The number of aromatic nitrogens is 1. The maximum Gasteiger partial charge on any atom is 0.251 e. The highest BCUT2D eigenvalue weighted by Gasteiger charge is 2.21. The summed E-state index contributed by atoms with van der Waals surface area (Å²) in [6, 6.07) is 14.4. The van der Waals surface area contributed by atoms with Gasteiger partial charge in [0.05, 0.1) is 0 Å². The Bertz CT molecular complexity index is 706. The molecule has 0 unspecified atom stereocenters. The SMILES string of the molecule is CC(C)CNC(=O)c1ccnc(N2CCC(Cc3ccccc3)CC2)c1. The van der Waals surface area contributed by atoms with Crippen molar-refractivity contribution in [2.45, 2.75) is 33.1 Å². The molecule has 0 radical (unpaired) electrons. The van der Waals surface area contributed by atoms with E-state index in [9.17, 15) is 4.79 Å². The molecule has 1 aliphatic rings. The van der Waals surface area contributed by atoms with Crippen molar-refractivity contribution in [2.75, 3.05) is 24.5 Å². The van der Waals surface area contributed by atoms with Crippen LogP contribution in [-0.4, -0.2) is 30.5 Å². The van der Waals surface area contributed by atoms with Gasteiger partial charge < -0.3 is 10.2 Å². The van der Waals surface area contributed by atoms with Crippen LogP contribution in [0.15, 0.2) is 48.7 Å². The lowest BCUT2D eigenvalue weighted by Crippen LogP contribution is -2.35. The molecular formula is C22H29N3O. The van der Waals surface area contributed by atoms with Crippen LogP contribution < -0.4 is 10.2 Å². The summed E-state index contributed by atoms with van der Waals surface area (Å²) >= 11 is 0. The third-order valence-corrected chi connectivity index (χ3v) is 4.98. The Hall–Kier alpha value is -2.36. The van der Waals surface area contributed by atoms with E-state index >= 15 is 0 Å². The molecular weight excluding hydrogens is 322 g/mol. The van der Waals surface area contributed by atoms with Gasteiger partial charge in [0.2, 0.25) is 0 Å². The molecule has 138 valence electrons. The van der Waals surface area contributed by atoms with Crippen LogP contribution in [0.4, 0.5) is 5.82 Å².